The summed E-state index contributed by atoms with van der Waals surface area (Å²) in [6.07, 6.45) is -0.879. The number of carbonyl (C=O) groups excluding carboxylic acids is 2. The van der Waals surface area contributed by atoms with Gasteiger partial charge in [-0.15, -0.1) is 0 Å². The molecule has 200 valence electrons. The molecule has 1 atom stereocenters. The minimum Gasteiger partial charge on any atom is -0.346 e. The summed E-state index contributed by atoms with van der Waals surface area (Å²) >= 11 is 0. The van der Waals surface area contributed by atoms with Crippen LogP contribution in [-0.2, 0) is 5.67 Å². The van der Waals surface area contributed by atoms with Crippen LogP contribution >= 0.6 is 0 Å². The van der Waals surface area contributed by atoms with E-state index in [0.29, 0.717) is 23.6 Å². The molecule has 0 radical (unpaired) electrons. The second-order valence-electron chi connectivity index (χ2n) is 10.3. The summed E-state index contributed by atoms with van der Waals surface area (Å²) in [6.45, 7) is 2.83. The minimum absolute atomic E-state index is 0.00121. The average molecular weight is 527 g/mol. The molecule has 4 rings (SSSR count). The van der Waals surface area contributed by atoms with E-state index in [0.717, 1.165) is 38.2 Å². The predicted octanol–water partition coefficient (Wildman–Crippen LogP) is 7.00. The second kappa shape index (κ2) is 9.06. The maximum absolute atomic E-state index is 14.8. The van der Waals surface area contributed by atoms with Crippen molar-refractivity contribution in [3.8, 4) is 0 Å². The van der Waals surface area contributed by atoms with Gasteiger partial charge in [0, 0.05) is 23.7 Å². The molecule has 2 aromatic rings. The van der Waals surface area contributed by atoms with Gasteiger partial charge in [0.25, 0.3) is 23.4 Å². The first-order chi connectivity index (χ1) is 17.1. The van der Waals surface area contributed by atoms with Crippen molar-refractivity contribution in [3.63, 3.8) is 0 Å². The number of aryl methyl sites for hydroxylation is 2. The molecule has 2 aliphatic rings. The van der Waals surface area contributed by atoms with Gasteiger partial charge in [-0.25, -0.2) is 13.2 Å². The Kier molecular flexibility index (Phi) is 6.61. The van der Waals surface area contributed by atoms with Crippen molar-refractivity contribution in [1.82, 2.24) is 5.32 Å². The van der Waals surface area contributed by atoms with E-state index in [4.69, 9.17) is 0 Å². The number of alkyl halides is 6. The molecule has 4 nitrogen and oxygen atoms in total. The number of amides is 2. The van der Waals surface area contributed by atoms with Crippen LogP contribution in [0.15, 0.2) is 36.4 Å². The van der Waals surface area contributed by atoms with Crippen LogP contribution in [0.5, 0.6) is 0 Å². The van der Waals surface area contributed by atoms with E-state index in [1.807, 2.05) is 0 Å². The van der Waals surface area contributed by atoms with Crippen LogP contribution < -0.4 is 10.6 Å². The number of halogens is 6. The first-order valence-corrected chi connectivity index (χ1v) is 12.1. The lowest BCUT2D eigenvalue weighted by atomic mass is 9.77. The molecule has 10 heteroatoms. The summed E-state index contributed by atoms with van der Waals surface area (Å²) in [6, 6.07) is 6.90. The summed E-state index contributed by atoms with van der Waals surface area (Å²) in [5, 5.41) is 5.63. The molecule has 0 bridgehead atoms. The second-order valence-corrected chi connectivity index (χ2v) is 10.3. The van der Waals surface area contributed by atoms with E-state index in [1.54, 1.807) is 19.1 Å². The van der Waals surface area contributed by atoms with Gasteiger partial charge >= 0.3 is 6.18 Å². The lowest BCUT2D eigenvalue weighted by Gasteiger charge is -2.35. The van der Waals surface area contributed by atoms with Gasteiger partial charge in [0.2, 0.25) is 0 Å². The van der Waals surface area contributed by atoms with Crippen molar-refractivity contribution in [2.24, 2.45) is 5.92 Å². The third-order valence-electron chi connectivity index (χ3n) is 7.65. The zero-order chi connectivity index (χ0) is 27.4. The van der Waals surface area contributed by atoms with Gasteiger partial charge in [-0.1, -0.05) is 30.7 Å². The van der Waals surface area contributed by atoms with Crippen LogP contribution in [0.4, 0.5) is 32.0 Å². The normalized spacial score (nSPS) is 18.9. The van der Waals surface area contributed by atoms with Crippen LogP contribution in [-0.4, -0.2) is 29.5 Å². The van der Waals surface area contributed by atoms with Crippen molar-refractivity contribution in [2.45, 2.75) is 76.2 Å². The molecule has 1 unspecified atom stereocenters. The van der Waals surface area contributed by atoms with Crippen molar-refractivity contribution in [1.29, 1.82) is 0 Å². The zero-order valence-electron chi connectivity index (χ0n) is 20.7. The highest BCUT2D eigenvalue weighted by Crippen LogP contribution is 2.53. The topological polar surface area (TPSA) is 58.2 Å². The fourth-order valence-electron chi connectivity index (χ4n) is 5.05. The lowest BCUT2D eigenvalue weighted by Crippen LogP contribution is -2.51. The molecule has 0 heterocycles. The van der Waals surface area contributed by atoms with E-state index < -0.39 is 29.2 Å². The van der Waals surface area contributed by atoms with Gasteiger partial charge in [0.15, 0.2) is 0 Å². The highest BCUT2D eigenvalue weighted by molar-refractivity contribution is 6.13. The van der Waals surface area contributed by atoms with E-state index >= 15 is 0 Å². The van der Waals surface area contributed by atoms with Crippen molar-refractivity contribution < 1.29 is 35.9 Å². The number of hydrogen-bond donors (Lipinski definition) is 2. The van der Waals surface area contributed by atoms with Crippen molar-refractivity contribution in [3.05, 3.63) is 64.2 Å². The van der Waals surface area contributed by atoms with Gasteiger partial charge in [-0.2, -0.15) is 13.2 Å². The SMILES string of the molecule is Cc1cc(C(F)(C(C)(F)F)C(F)(F)F)ccc1NC(=O)c1cccc(C)c1C(=O)NC1(C2CCC2)CC1. The Bertz CT molecular complexity index is 1210. The molecule has 2 amide bonds. The Balaban J connectivity index is 1.60. The van der Waals surface area contributed by atoms with Crippen LogP contribution in [0.25, 0.3) is 0 Å². The van der Waals surface area contributed by atoms with Crippen LogP contribution in [0.3, 0.4) is 0 Å². The summed E-state index contributed by atoms with van der Waals surface area (Å²) in [7, 11) is 0. The molecule has 2 N–H and O–H groups in total. The molecule has 2 aromatic carbocycles. The third-order valence-corrected chi connectivity index (χ3v) is 7.65. The van der Waals surface area contributed by atoms with Gasteiger partial charge in [0.05, 0.1) is 11.1 Å². The zero-order valence-corrected chi connectivity index (χ0v) is 20.7. The molecule has 0 spiro atoms. The summed E-state index contributed by atoms with van der Waals surface area (Å²) in [5.74, 6) is -5.41. The number of hydrogen-bond acceptors (Lipinski definition) is 2. The quantitative estimate of drug-likeness (QED) is 0.382. The summed E-state index contributed by atoms with van der Waals surface area (Å²) in [5.41, 5.74) is -5.67. The van der Waals surface area contributed by atoms with Crippen LogP contribution in [0.1, 0.15) is 76.4 Å². The van der Waals surface area contributed by atoms with E-state index in [-0.39, 0.29) is 40.7 Å². The van der Waals surface area contributed by atoms with Crippen molar-refractivity contribution in [2.75, 3.05) is 5.32 Å². The number of anilines is 1. The fourth-order valence-corrected chi connectivity index (χ4v) is 5.05. The first kappa shape index (κ1) is 27.0. The molecule has 2 fully saturated rings. The largest absolute Gasteiger partial charge is 0.432 e. The number of benzene rings is 2. The number of nitrogens with one attached hydrogen (secondary N) is 2. The van der Waals surface area contributed by atoms with Gasteiger partial charge in [-0.05, 0) is 68.7 Å². The fraction of sp³-hybridized carbons (Fsp3) is 0.481. The molecule has 2 aliphatic carbocycles. The smallest absolute Gasteiger partial charge is 0.346 e. The maximum Gasteiger partial charge on any atom is 0.432 e. The van der Waals surface area contributed by atoms with E-state index in [2.05, 4.69) is 10.6 Å². The molecule has 2 saturated carbocycles. The molecule has 0 saturated heterocycles. The van der Waals surface area contributed by atoms with Crippen LogP contribution in [0.2, 0.25) is 0 Å². The Morgan fingerprint density at radius 3 is 2.05 bits per heavy atom. The Hall–Kier alpha value is -3.04. The third kappa shape index (κ3) is 4.70. The summed E-state index contributed by atoms with van der Waals surface area (Å²) < 4.78 is 82.4. The Morgan fingerprint density at radius 1 is 0.919 bits per heavy atom. The first-order valence-electron chi connectivity index (χ1n) is 12.1. The summed E-state index contributed by atoms with van der Waals surface area (Å²) in [4.78, 5) is 26.4. The predicted molar refractivity (Wildman–Crippen MR) is 127 cm³/mol. The van der Waals surface area contributed by atoms with Crippen molar-refractivity contribution >= 4 is 17.5 Å². The van der Waals surface area contributed by atoms with Crippen LogP contribution in [0, 0.1) is 19.8 Å². The number of rotatable bonds is 7. The van der Waals surface area contributed by atoms with Gasteiger partial charge < -0.3 is 10.6 Å². The van der Waals surface area contributed by atoms with Gasteiger partial charge in [-0.3, -0.25) is 9.59 Å². The highest BCUT2D eigenvalue weighted by atomic mass is 19.4. The van der Waals surface area contributed by atoms with Gasteiger partial charge in [0.1, 0.15) is 0 Å². The Labute approximate surface area is 210 Å². The monoisotopic (exact) mass is 526 g/mol. The van der Waals surface area contributed by atoms with E-state index in [1.165, 1.54) is 13.0 Å². The molecule has 0 aromatic heterocycles. The minimum atomic E-state index is -5.87. The highest BCUT2D eigenvalue weighted by Gasteiger charge is 2.70. The van der Waals surface area contributed by atoms with E-state index in [9.17, 15) is 35.9 Å². The standard InChI is InChI=1S/C27H28F6N2O2/c1-15-6-4-9-19(21(15)23(37)35-25(12-13-25)17-7-5-8-17)22(36)34-20-11-10-18(14-16(20)2)26(30,24(3,28)29)27(31,32)33/h4,6,9-11,14,17H,5,7-8,12-13H2,1-3H3,(H,34,36)(H,35,37). The molecular formula is C27H28F6N2O2. The molecular weight excluding hydrogens is 498 g/mol. The Morgan fingerprint density at radius 2 is 1.57 bits per heavy atom. The lowest BCUT2D eigenvalue weighted by molar-refractivity contribution is -0.304. The molecule has 37 heavy (non-hydrogen) atoms. The average Bonchev–Trinajstić information content (AvgIpc) is 3.50. The maximum atomic E-state index is 14.8. The number of carbonyl (C=O) groups is 2. The molecule has 0 aliphatic heterocycles.